The molecule has 168 valence electrons. The van der Waals surface area contributed by atoms with Crippen molar-refractivity contribution in [3.8, 4) is 17.1 Å². The fraction of sp³-hybridized carbons (Fsp3) is 0.160. The van der Waals surface area contributed by atoms with Gasteiger partial charge in [-0.25, -0.2) is 18.7 Å². The third-order valence-corrected chi connectivity index (χ3v) is 5.49. The Morgan fingerprint density at radius 1 is 0.970 bits per heavy atom. The maximum atomic E-state index is 14.0. The quantitative estimate of drug-likeness (QED) is 0.330. The van der Waals surface area contributed by atoms with Crippen LogP contribution in [0.5, 0.6) is 5.75 Å². The van der Waals surface area contributed by atoms with Crippen LogP contribution in [-0.2, 0) is 12.4 Å². The molecule has 0 atom stereocenters. The van der Waals surface area contributed by atoms with Crippen molar-refractivity contribution in [2.24, 2.45) is 0 Å². The van der Waals surface area contributed by atoms with Crippen molar-refractivity contribution in [3.05, 3.63) is 95.3 Å². The Bertz CT molecular complexity index is 1270. The van der Waals surface area contributed by atoms with Gasteiger partial charge in [0.1, 0.15) is 30.3 Å². The van der Waals surface area contributed by atoms with Crippen molar-refractivity contribution in [3.63, 3.8) is 0 Å². The first-order valence-corrected chi connectivity index (χ1v) is 11.6. The average molecular weight is 465 g/mol. The number of thioether (sulfide) groups is 1. The summed E-state index contributed by atoms with van der Waals surface area (Å²) >= 11 is 1.74. The van der Waals surface area contributed by atoms with Crippen LogP contribution in [0.3, 0.4) is 0 Å². The molecule has 8 heteroatoms. The first-order chi connectivity index (χ1) is 16.0. The van der Waals surface area contributed by atoms with Crippen molar-refractivity contribution >= 4 is 23.4 Å². The van der Waals surface area contributed by atoms with Gasteiger partial charge in [-0.3, -0.25) is 0 Å². The van der Waals surface area contributed by atoms with Gasteiger partial charge in [0.15, 0.2) is 5.82 Å². The van der Waals surface area contributed by atoms with E-state index in [1.54, 1.807) is 36.9 Å². The lowest BCUT2D eigenvalue weighted by molar-refractivity contribution is 0.305. The first-order valence-electron chi connectivity index (χ1n) is 10.2. The Hall–Kier alpha value is -3.52. The van der Waals surface area contributed by atoms with Crippen LogP contribution in [0.25, 0.3) is 11.4 Å². The molecule has 0 amide bonds. The van der Waals surface area contributed by atoms with Crippen LogP contribution >= 0.6 is 11.8 Å². The van der Waals surface area contributed by atoms with E-state index < -0.39 is 5.82 Å². The van der Waals surface area contributed by atoms with Crippen molar-refractivity contribution < 1.29 is 13.5 Å². The number of hydrogen-bond acceptors (Lipinski definition) is 6. The number of rotatable bonds is 8. The number of benzene rings is 3. The Morgan fingerprint density at radius 3 is 2.67 bits per heavy atom. The van der Waals surface area contributed by atoms with E-state index in [1.165, 1.54) is 30.1 Å². The second kappa shape index (κ2) is 10.4. The maximum Gasteiger partial charge on any atom is 0.230 e. The van der Waals surface area contributed by atoms with E-state index in [2.05, 4.69) is 32.6 Å². The fourth-order valence-corrected chi connectivity index (χ4v) is 3.79. The molecule has 0 bridgehead atoms. The molecule has 4 aromatic rings. The normalized spacial score (nSPS) is 10.8. The number of hydrogen-bond donors (Lipinski definition) is 1. The van der Waals surface area contributed by atoms with Crippen LogP contribution in [0.4, 0.5) is 20.4 Å². The summed E-state index contributed by atoms with van der Waals surface area (Å²) in [5, 5.41) is 3.19. The van der Waals surface area contributed by atoms with Gasteiger partial charge in [0, 0.05) is 17.5 Å². The van der Waals surface area contributed by atoms with E-state index >= 15 is 0 Å². The van der Waals surface area contributed by atoms with E-state index in [0.29, 0.717) is 22.9 Å². The van der Waals surface area contributed by atoms with E-state index in [0.717, 1.165) is 17.0 Å². The molecule has 0 fully saturated rings. The summed E-state index contributed by atoms with van der Waals surface area (Å²) < 4.78 is 33.4. The van der Waals surface area contributed by atoms with Crippen LogP contribution in [0, 0.1) is 18.6 Å². The Labute approximate surface area is 195 Å². The lowest BCUT2D eigenvalue weighted by atomic mass is 10.1. The van der Waals surface area contributed by atoms with Crippen LogP contribution in [-0.4, -0.2) is 21.2 Å². The summed E-state index contributed by atoms with van der Waals surface area (Å²) in [4.78, 5) is 13.0. The zero-order valence-electron chi connectivity index (χ0n) is 18.2. The molecule has 0 aliphatic carbocycles. The molecule has 1 N–H and O–H groups in total. The Morgan fingerprint density at radius 2 is 1.85 bits per heavy atom. The molecule has 0 radical (unpaired) electrons. The number of aromatic nitrogens is 3. The highest BCUT2D eigenvalue weighted by Gasteiger charge is 2.13. The number of anilines is 2. The molecule has 0 spiro atoms. The van der Waals surface area contributed by atoms with Crippen LogP contribution in [0.2, 0.25) is 0 Å². The minimum absolute atomic E-state index is 0.149. The monoisotopic (exact) mass is 464 g/mol. The van der Waals surface area contributed by atoms with Crippen molar-refractivity contribution in [1.29, 1.82) is 0 Å². The summed E-state index contributed by atoms with van der Waals surface area (Å²) in [6, 6.07) is 16.9. The van der Waals surface area contributed by atoms with Gasteiger partial charge in [-0.2, -0.15) is 16.7 Å². The molecule has 0 saturated carbocycles. The average Bonchev–Trinajstić information content (AvgIpc) is 2.80. The minimum Gasteiger partial charge on any atom is -0.488 e. The Kier molecular flexibility index (Phi) is 7.14. The maximum absolute atomic E-state index is 14.0. The standard InChI is InChI=1S/C25H22F2N4OS/c1-16-10-17(6-9-22(16)27)13-32-23-12-19(26)7-8-21(23)24-28-15-29-25(31-24)30-20-5-3-4-18(11-20)14-33-2/h3-12,15H,13-14H2,1-2H3,(H,28,29,30,31). The van der Waals surface area contributed by atoms with Crippen LogP contribution in [0.15, 0.2) is 67.0 Å². The molecule has 3 aromatic carbocycles. The van der Waals surface area contributed by atoms with Gasteiger partial charge in [0.2, 0.25) is 5.95 Å². The van der Waals surface area contributed by atoms with Crippen molar-refractivity contribution in [2.75, 3.05) is 11.6 Å². The summed E-state index contributed by atoms with van der Waals surface area (Å²) in [7, 11) is 0. The molecular weight excluding hydrogens is 442 g/mol. The number of ether oxygens (including phenoxy) is 1. The van der Waals surface area contributed by atoms with E-state index in [-0.39, 0.29) is 18.2 Å². The molecule has 5 nitrogen and oxygen atoms in total. The van der Waals surface area contributed by atoms with Crippen LogP contribution in [0.1, 0.15) is 16.7 Å². The zero-order valence-corrected chi connectivity index (χ0v) is 19.0. The summed E-state index contributed by atoms with van der Waals surface area (Å²) in [5.41, 5.74) is 3.86. The molecule has 33 heavy (non-hydrogen) atoms. The topological polar surface area (TPSA) is 59.9 Å². The van der Waals surface area contributed by atoms with Gasteiger partial charge in [0.25, 0.3) is 0 Å². The lowest BCUT2D eigenvalue weighted by Crippen LogP contribution is -2.03. The minimum atomic E-state index is -0.443. The van der Waals surface area contributed by atoms with Crippen LogP contribution < -0.4 is 10.1 Å². The molecule has 0 aliphatic rings. The largest absolute Gasteiger partial charge is 0.488 e. The summed E-state index contributed by atoms with van der Waals surface area (Å²) in [6.07, 6.45) is 3.45. The number of nitrogens with one attached hydrogen (secondary N) is 1. The van der Waals surface area contributed by atoms with Gasteiger partial charge in [-0.05, 0) is 66.3 Å². The molecule has 0 unspecified atom stereocenters. The predicted molar refractivity (Wildman–Crippen MR) is 128 cm³/mol. The zero-order chi connectivity index (χ0) is 23.2. The first kappa shape index (κ1) is 22.7. The number of nitrogens with zero attached hydrogens (tertiary/aromatic N) is 3. The third kappa shape index (κ3) is 5.84. The second-order valence-corrected chi connectivity index (χ2v) is 8.27. The number of aryl methyl sites for hydroxylation is 1. The number of halogens is 2. The second-order valence-electron chi connectivity index (χ2n) is 7.40. The van der Waals surface area contributed by atoms with E-state index in [4.69, 9.17) is 4.74 Å². The van der Waals surface area contributed by atoms with Gasteiger partial charge >= 0.3 is 0 Å². The molecule has 1 heterocycles. The highest BCUT2D eigenvalue weighted by molar-refractivity contribution is 7.97. The molecular formula is C25H22F2N4OS. The lowest BCUT2D eigenvalue weighted by Gasteiger charge is -2.12. The van der Waals surface area contributed by atoms with Crippen molar-refractivity contribution in [1.82, 2.24) is 15.0 Å². The van der Waals surface area contributed by atoms with E-state index in [9.17, 15) is 8.78 Å². The fourth-order valence-electron chi connectivity index (χ4n) is 3.28. The van der Waals surface area contributed by atoms with Gasteiger partial charge in [0.05, 0.1) is 5.56 Å². The molecule has 0 saturated heterocycles. The van der Waals surface area contributed by atoms with Gasteiger partial charge in [-0.15, -0.1) is 0 Å². The predicted octanol–water partition coefficient (Wildman–Crippen LogP) is 6.31. The third-order valence-electron chi connectivity index (χ3n) is 4.87. The van der Waals surface area contributed by atoms with E-state index in [1.807, 2.05) is 18.2 Å². The van der Waals surface area contributed by atoms with Gasteiger partial charge in [-0.1, -0.05) is 18.2 Å². The summed E-state index contributed by atoms with van der Waals surface area (Å²) in [6.45, 7) is 1.83. The molecule has 1 aromatic heterocycles. The summed E-state index contributed by atoms with van der Waals surface area (Å²) in [5.74, 6) is 1.18. The molecule has 4 rings (SSSR count). The smallest absolute Gasteiger partial charge is 0.230 e. The SMILES string of the molecule is CSCc1cccc(Nc2ncnc(-c3ccc(F)cc3OCc3ccc(F)c(C)c3)n2)c1. The Balaban J connectivity index is 1.57. The van der Waals surface area contributed by atoms with Gasteiger partial charge < -0.3 is 10.1 Å². The van der Waals surface area contributed by atoms with Crippen molar-refractivity contribution in [2.45, 2.75) is 19.3 Å². The highest BCUT2D eigenvalue weighted by Crippen LogP contribution is 2.30. The highest BCUT2D eigenvalue weighted by atomic mass is 32.2. The molecule has 0 aliphatic heterocycles.